The number of nitrogens with two attached hydrogens (primary N) is 1. The van der Waals surface area contributed by atoms with E-state index < -0.39 is 0 Å². The van der Waals surface area contributed by atoms with Crippen LogP contribution in [0.5, 0.6) is 0 Å². The minimum Gasteiger partial charge on any atom is -0.438 e. The van der Waals surface area contributed by atoms with Crippen LogP contribution in [0, 0.1) is 6.92 Å². The molecule has 3 N–H and O–H groups in total. The zero-order valence-electron chi connectivity index (χ0n) is 9.43. The summed E-state index contributed by atoms with van der Waals surface area (Å²) >= 11 is 0. The molecule has 2 aromatic rings. The maximum absolute atomic E-state index is 11.7. The Morgan fingerprint density at radius 2 is 2.35 bits per heavy atom. The molecule has 0 saturated heterocycles. The molecule has 5 nitrogen and oxygen atoms in total. The largest absolute Gasteiger partial charge is 0.438 e. The average Bonchev–Trinajstić information content (AvgIpc) is 2.72. The van der Waals surface area contributed by atoms with Crippen LogP contribution >= 0.6 is 0 Å². The smallest absolute Gasteiger partial charge is 0.289 e. The Hall–Kier alpha value is -2.30. The van der Waals surface area contributed by atoms with Crippen molar-refractivity contribution >= 4 is 11.6 Å². The molecular formula is C12H13N3O2. The second-order valence-electron chi connectivity index (χ2n) is 3.69. The molecule has 2 rings (SSSR count). The second kappa shape index (κ2) is 4.69. The van der Waals surface area contributed by atoms with Crippen LogP contribution in [0.1, 0.15) is 21.8 Å². The van der Waals surface area contributed by atoms with Crippen molar-refractivity contribution in [1.29, 1.82) is 0 Å². The average molecular weight is 231 g/mol. The van der Waals surface area contributed by atoms with Gasteiger partial charge in [-0.25, -0.2) is 4.98 Å². The fourth-order valence-electron chi connectivity index (χ4n) is 1.49. The topological polar surface area (TPSA) is 81.2 Å². The lowest BCUT2D eigenvalue weighted by atomic mass is 10.2. The van der Waals surface area contributed by atoms with Gasteiger partial charge in [0.1, 0.15) is 0 Å². The third-order valence-corrected chi connectivity index (χ3v) is 2.36. The number of nitrogens with one attached hydrogen (secondary N) is 1. The summed E-state index contributed by atoms with van der Waals surface area (Å²) in [5.41, 5.74) is 7.84. The standard InChI is InChI=1S/C12H13N3O2/c1-8-11(17-7-15-8)12(16)14-6-9-3-2-4-10(13)5-9/h2-5,7H,6,13H2,1H3,(H,14,16). The van der Waals surface area contributed by atoms with E-state index in [9.17, 15) is 4.79 Å². The minimum atomic E-state index is -0.276. The van der Waals surface area contributed by atoms with E-state index >= 15 is 0 Å². The number of nitrogen functional groups attached to an aromatic ring is 1. The highest BCUT2D eigenvalue weighted by atomic mass is 16.3. The van der Waals surface area contributed by atoms with Gasteiger partial charge in [-0.05, 0) is 24.6 Å². The summed E-state index contributed by atoms with van der Waals surface area (Å²) in [6, 6.07) is 7.35. The Morgan fingerprint density at radius 1 is 1.53 bits per heavy atom. The van der Waals surface area contributed by atoms with Crippen molar-refractivity contribution in [2.45, 2.75) is 13.5 Å². The minimum absolute atomic E-state index is 0.244. The quantitative estimate of drug-likeness (QED) is 0.784. The lowest BCUT2D eigenvalue weighted by Crippen LogP contribution is -2.23. The molecule has 0 fully saturated rings. The number of anilines is 1. The first-order valence-electron chi connectivity index (χ1n) is 5.19. The van der Waals surface area contributed by atoms with Gasteiger partial charge in [-0.3, -0.25) is 4.79 Å². The fourth-order valence-corrected chi connectivity index (χ4v) is 1.49. The summed E-state index contributed by atoms with van der Waals surface area (Å²) in [5, 5.41) is 2.74. The molecule has 0 aliphatic rings. The van der Waals surface area contributed by atoms with Gasteiger partial charge in [0.05, 0.1) is 5.69 Å². The summed E-state index contributed by atoms with van der Waals surface area (Å²) in [5.74, 6) is -0.0312. The number of hydrogen-bond donors (Lipinski definition) is 2. The van der Waals surface area contributed by atoms with Crippen molar-refractivity contribution in [1.82, 2.24) is 10.3 Å². The van der Waals surface area contributed by atoms with E-state index in [1.165, 1.54) is 6.39 Å². The van der Waals surface area contributed by atoms with Gasteiger partial charge in [0.2, 0.25) is 5.76 Å². The van der Waals surface area contributed by atoms with Crippen LogP contribution < -0.4 is 11.1 Å². The van der Waals surface area contributed by atoms with Crippen molar-refractivity contribution in [3.8, 4) is 0 Å². The highest BCUT2D eigenvalue weighted by molar-refractivity contribution is 5.92. The molecule has 1 aromatic heterocycles. The van der Waals surface area contributed by atoms with Crippen molar-refractivity contribution in [2.24, 2.45) is 0 Å². The van der Waals surface area contributed by atoms with Gasteiger partial charge >= 0.3 is 0 Å². The van der Waals surface area contributed by atoms with E-state index in [1.54, 1.807) is 13.0 Å². The van der Waals surface area contributed by atoms with Crippen LogP contribution in [0.3, 0.4) is 0 Å². The maximum atomic E-state index is 11.7. The van der Waals surface area contributed by atoms with E-state index in [0.29, 0.717) is 17.9 Å². The van der Waals surface area contributed by atoms with Crippen LogP contribution in [0.15, 0.2) is 35.1 Å². The van der Waals surface area contributed by atoms with E-state index in [0.717, 1.165) is 5.56 Å². The summed E-state index contributed by atoms with van der Waals surface area (Å²) < 4.78 is 4.99. The highest BCUT2D eigenvalue weighted by Crippen LogP contribution is 2.08. The fraction of sp³-hybridized carbons (Fsp3) is 0.167. The lowest BCUT2D eigenvalue weighted by Gasteiger charge is -2.04. The number of aromatic nitrogens is 1. The van der Waals surface area contributed by atoms with E-state index in [1.807, 2.05) is 18.2 Å². The molecule has 0 bridgehead atoms. The molecule has 1 aromatic carbocycles. The lowest BCUT2D eigenvalue weighted by molar-refractivity contribution is 0.0922. The summed E-state index contributed by atoms with van der Waals surface area (Å²) in [4.78, 5) is 15.6. The number of rotatable bonds is 3. The SMILES string of the molecule is Cc1ncoc1C(=O)NCc1cccc(N)c1. The van der Waals surface area contributed by atoms with E-state index in [2.05, 4.69) is 10.3 Å². The number of nitrogens with zero attached hydrogens (tertiary/aromatic N) is 1. The van der Waals surface area contributed by atoms with Gasteiger partial charge in [0.25, 0.3) is 5.91 Å². The van der Waals surface area contributed by atoms with Crippen molar-refractivity contribution in [3.63, 3.8) is 0 Å². The summed E-state index contributed by atoms with van der Waals surface area (Å²) in [6.45, 7) is 2.13. The van der Waals surface area contributed by atoms with Crippen LogP contribution in [0.25, 0.3) is 0 Å². The number of aryl methyl sites for hydroxylation is 1. The predicted molar refractivity (Wildman–Crippen MR) is 63.3 cm³/mol. The van der Waals surface area contributed by atoms with Gasteiger partial charge in [0.15, 0.2) is 6.39 Å². The summed E-state index contributed by atoms with van der Waals surface area (Å²) in [7, 11) is 0. The molecule has 0 aliphatic carbocycles. The van der Waals surface area contributed by atoms with Crippen LogP contribution in [-0.4, -0.2) is 10.9 Å². The van der Waals surface area contributed by atoms with Crippen molar-refractivity contribution in [3.05, 3.63) is 47.7 Å². The summed E-state index contributed by atoms with van der Waals surface area (Å²) in [6.07, 6.45) is 1.25. The first kappa shape index (κ1) is 11.2. The Bertz CT molecular complexity index is 534. The highest BCUT2D eigenvalue weighted by Gasteiger charge is 2.12. The number of hydrogen-bond acceptors (Lipinski definition) is 4. The van der Waals surface area contributed by atoms with Crippen LogP contribution in [-0.2, 0) is 6.54 Å². The zero-order chi connectivity index (χ0) is 12.3. The molecule has 0 spiro atoms. The number of carbonyl (C=O) groups excluding carboxylic acids is 1. The van der Waals surface area contributed by atoms with Crippen LogP contribution in [0.4, 0.5) is 5.69 Å². The van der Waals surface area contributed by atoms with Gasteiger partial charge < -0.3 is 15.5 Å². The van der Waals surface area contributed by atoms with Crippen LogP contribution in [0.2, 0.25) is 0 Å². The predicted octanol–water partition coefficient (Wildman–Crippen LogP) is 1.50. The van der Waals surface area contributed by atoms with Gasteiger partial charge in [0, 0.05) is 12.2 Å². The first-order chi connectivity index (χ1) is 8.16. The van der Waals surface area contributed by atoms with Gasteiger partial charge in [-0.15, -0.1) is 0 Å². The molecule has 0 saturated carbocycles. The monoisotopic (exact) mass is 231 g/mol. The van der Waals surface area contributed by atoms with Crippen molar-refractivity contribution < 1.29 is 9.21 Å². The van der Waals surface area contributed by atoms with E-state index in [-0.39, 0.29) is 11.7 Å². The Morgan fingerprint density at radius 3 is 3.00 bits per heavy atom. The van der Waals surface area contributed by atoms with Gasteiger partial charge in [-0.2, -0.15) is 0 Å². The van der Waals surface area contributed by atoms with Gasteiger partial charge in [-0.1, -0.05) is 12.1 Å². The molecule has 0 atom stereocenters. The zero-order valence-corrected chi connectivity index (χ0v) is 9.43. The molecule has 5 heteroatoms. The molecular weight excluding hydrogens is 218 g/mol. The molecule has 0 radical (unpaired) electrons. The molecule has 0 unspecified atom stereocenters. The number of oxazole rings is 1. The molecule has 1 amide bonds. The Labute approximate surface area is 98.6 Å². The molecule has 1 heterocycles. The number of benzene rings is 1. The third-order valence-electron chi connectivity index (χ3n) is 2.36. The normalized spacial score (nSPS) is 10.2. The first-order valence-corrected chi connectivity index (χ1v) is 5.19. The van der Waals surface area contributed by atoms with E-state index in [4.69, 9.17) is 10.2 Å². The third kappa shape index (κ3) is 2.63. The second-order valence-corrected chi connectivity index (χ2v) is 3.69. The van der Waals surface area contributed by atoms with Crippen molar-refractivity contribution in [2.75, 3.05) is 5.73 Å². The number of carbonyl (C=O) groups is 1. The number of amides is 1. The molecule has 88 valence electrons. The maximum Gasteiger partial charge on any atom is 0.289 e. The Kier molecular flexibility index (Phi) is 3.09. The Balaban J connectivity index is 1.99. The molecule has 0 aliphatic heterocycles. The molecule has 17 heavy (non-hydrogen) atoms.